The van der Waals surface area contributed by atoms with Crippen LogP contribution in [-0.4, -0.2) is 15.8 Å². The average Bonchev–Trinajstić information content (AvgIpc) is 2.94. The van der Waals surface area contributed by atoms with Gasteiger partial charge in [-0.1, -0.05) is 32.0 Å². The molecule has 3 rings (SSSR count). The molecule has 112 valence electrons. The Hall–Kier alpha value is -1.61. The van der Waals surface area contributed by atoms with Crippen LogP contribution in [0.5, 0.6) is 0 Å². The van der Waals surface area contributed by atoms with Crippen molar-refractivity contribution in [2.75, 3.05) is 0 Å². The first-order valence-electron chi connectivity index (χ1n) is 8.03. The van der Waals surface area contributed by atoms with Crippen molar-refractivity contribution in [1.82, 2.24) is 15.1 Å². The molecule has 0 bridgehead atoms. The van der Waals surface area contributed by atoms with Gasteiger partial charge in [0, 0.05) is 24.3 Å². The van der Waals surface area contributed by atoms with Crippen LogP contribution in [-0.2, 0) is 6.54 Å². The number of para-hydroxylation sites is 1. The summed E-state index contributed by atoms with van der Waals surface area (Å²) in [7, 11) is 0. The van der Waals surface area contributed by atoms with Crippen LogP contribution in [0.1, 0.15) is 38.7 Å². The van der Waals surface area contributed by atoms with Crippen molar-refractivity contribution in [2.24, 2.45) is 11.8 Å². The van der Waals surface area contributed by atoms with Crippen molar-refractivity contribution in [3.63, 3.8) is 0 Å². The van der Waals surface area contributed by atoms with Gasteiger partial charge in [0.1, 0.15) is 0 Å². The molecule has 21 heavy (non-hydrogen) atoms. The van der Waals surface area contributed by atoms with Crippen LogP contribution in [0.2, 0.25) is 0 Å². The average molecular weight is 283 g/mol. The van der Waals surface area contributed by atoms with E-state index in [4.69, 9.17) is 0 Å². The highest BCUT2D eigenvalue weighted by Crippen LogP contribution is 2.28. The van der Waals surface area contributed by atoms with Crippen LogP contribution in [0.25, 0.3) is 5.69 Å². The molecule has 2 aromatic rings. The Kier molecular flexibility index (Phi) is 4.39. The van der Waals surface area contributed by atoms with Crippen LogP contribution in [0.3, 0.4) is 0 Å². The van der Waals surface area contributed by atoms with Gasteiger partial charge in [0.05, 0.1) is 11.9 Å². The Labute approximate surface area is 127 Å². The third kappa shape index (κ3) is 3.73. The maximum Gasteiger partial charge on any atom is 0.0645 e. The van der Waals surface area contributed by atoms with Crippen molar-refractivity contribution in [1.29, 1.82) is 0 Å². The van der Waals surface area contributed by atoms with Gasteiger partial charge < -0.3 is 5.32 Å². The van der Waals surface area contributed by atoms with Crippen LogP contribution in [0.4, 0.5) is 0 Å². The lowest BCUT2D eigenvalue weighted by Crippen LogP contribution is -2.35. The molecule has 0 aliphatic heterocycles. The van der Waals surface area contributed by atoms with Gasteiger partial charge in [0.25, 0.3) is 0 Å². The van der Waals surface area contributed by atoms with E-state index < -0.39 is 0 Å². The van der Waals surface area contributed by atoms with E-state index >= 15 is 0 Å². The predicted octanol–water partition coefficient (Wildman–Crippen LogP) is 3.79. The summed E-state index contributed by atoms with van der Waals surface area (Å²) in [6, 6.07) is 10.9. The third-order valence-corrected chi connectivity index (χ3v) is 4.43. The molecule has 3 heteroatoms. The van der Waals surface area contributed by atoms with E-state index in [0.29, 0.717) is 6.04 Å². The number of benzene rings is 1. The van der Waals surface area contributed by atoms with E-state index in [9.17, 15) is 0 Å². The maximum absolute atomic E-state index is 4.46. The van der Waals surface area contributed by atoms with Crippen LogP contribution < -0.4 is 5.32 Å². The molecule has 0 radical (unpaired) electrons. The molecule has 1 fully saturated rings. The summed E-state index contributed by atoms with van der Waals surface area (Å²) in [4.78, 5) is 0. The highest BCUT2D eigenvalue weighted by molar-refractivity contribution is 5.30. The molecule has 2 atom stereocenters. The Balaban J connectivity index is 1.58. The second kappa shape index (κ2) is 6.44. The molecule has 3 nitrogen and oxygen atoms in total. The van der Waals surface area contributed by atoms with Gasteiger partial charge in [-0.3, -0.25) is 0 Å². The summed E-state index contributed by atoms with van der Waals surface area (Å²) in [5.74, 6) is 1.69. The van der Waals surface area contributed by atoms with Crippen molar-refractivity contribution in [3.8, 4) is 5.69 Å². The SMILES string of the molecule is CC1CC(C)CC(NCc2cnn(-c3ccccc3)c2)C1. The monoisotopic (exact) mass is 283 g/mol. The summed E-state index contributed by atoms with van der Waals surface area (Å²) in [6.45, 7) is 5.66. The Morgan fingerprint density at radius 2 is 1.81 bits per heavy atom. The lowest BCUT2D eigenvalue weighted by atomic mass is 9.80. The van der Waals surface area contributed by atoms with E-state index in [-0.39, 0.29) is 0 Å². The van der Waals surface area contributed by atoms with Crippen LogP contribution in [0.15, 0.2) is 42.7 Å². The van der Waals surface area contributed by atoms with E-state index in [2.05, 4.69) is 42.6 Å². The number of hydrogen-bond donors (Lipinski definition) is 1. The zero-order valence-corrected chi connectivity index (χ0v) is 13.0. The fourth-order valence-electron chi connectivity index (χ4n) is 3.55. The number of rotatable bonds is 4. The highest BCUT2D eigenvalue weighted by Gasteiger charge is 2.23. The smallest absolute Gasteiger partial charge is 0.0645 e. The normalized spacial score (nSPS) is 25.9. The summed E-state index contributed by atoms with van der Waals surface area (Å²) < 4.78 is 1.95. The second-order valence-electron chi connectivity index (χ2n) is 6.62. The fraction of sp³-hybridized carbons (Fsp3) is 0.500. The van der Waals surface area contributed by atoms with Gasteiger partial charge in [-0.2, -0.15) is 5.10 Å². The first kappa shape index (κ1) is 14.3. The molecule has 1 aliphatic carbocycles. The zero-order valence-electron chi connectivity index (χ0n) is 13.0. The topological polar surface area (TPSA) is 29.9 Å². The highest BCUT2D eigenvalue weighted by atomic mass is 15.3. The molecule has 1 aliphatic rings. The van der Waals surface area contributed by atoms with Crippen LogP contribution >= 0.6 is 0 Å². The second-order valence-corrected chi connectivity index (χ2v) is 6.62. The van der Waals surface area contributed by atoms with Crippen LogP contribution in [0, 0.1) is 11.8 Å². The third-order valence-electron chi connectivity index (χ3n) is 4.43. The fourth-order valence-corrected chi connectivity index (χ4v) is 3.55. The number of hydrogen-bond acceptors (Lipinski definition) is 2. The van der Waals surface area contributed by atoms with E-state index in [0.717, 1.165) is 24.1 Å². The quantitative estimate of drug-likeness (QED) is 0.925. The molecule has 1 heterocycles. The van der Waals surface area contributed by atoms with Gasteiger partial charge in [0.15, 0.2) is 0 Å². The number of aromatic nitrogens is 2. The number of nitrogens with one attached hydrogen (secondary N) is 1. The first-order valence-corrected chi connectivity index (χ1v) is 8.03. The molecule has 1 N–H and O–H groups in total. The van der Waals surface area contributed by atoms with Crippen molar-refractivity contribution in [2.45, 2.75) is 45.7 Å². The van der Waals surface area contributed by atoms with Gasteiger partial charge in [-0.05, 0) is 43.2 Å². The lowest BCUT2D eigenvalue weighted by molar-refractivity contribution is 0.238. The largest absolute Gasteiger partial charge is 0.310 e. The lowest BCUT2D eigenvalue weighted by Gasteiger charge is -2.32. The zero-order chi connectivity index (χ0) is 14.7. The summed E-state index contributed by atoms with van der Waals surface area (Å²) in [6.07, 6.45) is 8.08. The minimum absolute atomic E-state index is 0.656. The standard InChI is InChI=1S/C18H25N3/c1-14-8-15(2)10-17(9-14)19-11-16-12-20-21(13-16)18-6-4-3-5-7-18/h3-7,12-15,17,19H,8-11H2,1-2H3. The Morgan fingerprint density at radius 3 is 2.52 bits per heavy atom. The number of nitrogens with zero attached hydrogens (tertiary/aromatic N) is 2. The molecule has 1 aromatic heterocycles. The van der Waals surface area contributed by atoms with E-state index in [1.807, 2.05) is 29.1 Å². The molecule has 0 amide bonds. The van der Waals surface area contributed by atoms with Crippen molar-refractivity contribution in [3.05, 3.63) is 48.3 Å². The van der Waals surface area contributed by atoms with Gasteiger partial charge >= 0.3 is 0 Å². The summed E-state index contributed by atoms with van der Waals surface area (Å²) in [5.41, 5.74) is 2.37. The minimum atomic E-state index is 0.656. The summed E-state index contributed by atoms with van der Waals surface area (Å²) >= 11 is 0. The van der Waals surface area contributed by atoms with Gasteiger partial charge in [0.2, 0.25) is 0 Å². The van der Waals surface area contributed by atoms with E-state index in [1.54, 1.807) is 0 Å². The van der Waals surface area contributed by atoms with Gasteiger partial charge in [-0.25, -0.2) is 4.68 Å². The van der Waals surface area contributed by atoms with Crippen molar-refractivity contribution < 1.29 is 0 Å². The molecule has 2 unspecified atom stereocenters. The molecular formula is C18H25N3. The van der Waals surface area contributed by atoms with Crippen molar-refractivity contribution >= 4 is 0 Å². The Bertz CT molecular complexity index is 551. The van der Waals surface area contributed by atoms with E-state index in [1.165, 1.54) is 24.8 Å². The van der Waals surface area contributed by atoms with Gasteiger partial charge in [-0.15, -0.1) is 0 Å². The first-order chi connectivity index (χ1) is 10.2. The molecule has 1 aromatic carbocycles. The molecule has 0 spiro atoms. The molecule has 0 saturated heterocycles. The molecule has 1 saturated carbocycles. The predicted molar refractivity (Wildman–Crippen MR) is 86.4 cm³/mol. The summed E-state index contributed by atoms with van der Waals surface area (Å²) in [5, 5.41) is 8.17. The molecular weight excluding hydrogens is 258 g/mol. The minimum Gasteiger partial charge on any atom is -0.310 e. The maximum atomic E-state index is 4.46. The Morgan fingerprint density at radius 1 is 1.10 bits per heavy atom.